The minimum Gasteiger partial charge on any atom is -0.462 e. The van der Waals surface area contributed by atoms with E-state index in [1.165, 1.54) is 0 Å². The SMILES string of the molecule is O=C(CC(O)(C(=O)OC1CCCC1)N1CCN(CCCl)CC1)OC1CCCC1. The van der Waals surface area contributed by atoms with Gasteiger partial charge in [-0.3, -0.25) is 14.6 Å². The van der Waals surface area contributed by atoms with Crippen LogP contribution in [0.2, 0.25) is 0 Å². The van der Waals surface area contributed by atoms with Crippen LogP contribution >= 0.6 is 11.6 Å². The maximum Gasteiger partial charge on any atom is 0.354 e. The predicted molar refractivity (Wildman–Crippen MR) is 105 cm³/mol. The molecule has 8 heteroatoms. The van der Waals surface area contributed by atoms with Gasteiger partial charge < -0.3 is 14.6 Å². The van der Waals surface area contributed by atoms with Gasteiger partial charge >= 0.3 is 11.9 Å². The van der Waals surface area contributed by atoms with Crippen molar-refractivity contribution < 1.29 is 24.2 Å². The molecule has 3 fully saturated rings. The molecule has 1 atom stereocenters. The van der Waals surface area contributed by atoms with Crippen LogP contribution in [-0.2, 0) is 19.1 Å². The molecule has 0 amide bonds. The second kappa shape index (κ2) is 10.2. The molecule has 7 nitrogen and oxygen atoms in total. The first kappa shape index (κ1) is 21.8. The van der Waals surface area contributed by atoms with Crippen LogP contribution in [0.1, 0.15) is 57.8 Å². The maximum atomic E-state index is 12.9. The van der Waals surface area contributed by atoms with E-state index in [0.717, 1.165) is 57.9 Å². The molecule has 2 aliphatic carbocycles. The average molecular weight is 417 g/mol. The highest BCUT2D eigenvalue weighted by Crippen LogP contribution is 2.28. The van der Waals surface area contributed by atoms with E-state index >= 15 is 0 Å². The van der Waals surface area contributed by atoms with Crippen LogP contribution in [-0.4, -0.2) is 83.4 Å². The molecule has 0 aromatic heterocycles. The Hall–Kier alpha value is -0.890. The Bertz CT molecular complexity index is 529. The van der Waals surface area contributed by atoms with E-state index in [1.807, 2.05) is 0 Å². The Morgan fingerprint density at radius 1 is 0.929 bits per heavy atom. The van der Waals surface area contributed by atoms with Crippen molar-refractivity contribution in [1.29, 1.82) is 0 Å². The molecular weight excluding hydrogens is 384 g/mol. The van der Waals surface area contributed by atoms with Gasteiger partial charge in [0.2, 0.25) is 5.72 Å². The van der Waals surface area contributed by atoms with Crippen molar-refractivity contribution in [1.82, 2.24) is 9.80 Å². The van der Waals surface area contributed by atoms with Gasteiger partial charge in [0, 0.05) is 38.6 Å². The molecule has 1 unspecified atom stereocenters. The van der Waals surface area contributed by atoms with Gasteiger partial charge in [-0.2, -0.15) is 0 Å². The van der Waals surface area contributed by atoms with Crippen LogP contribution in [0, 0.1) is 0 Å². The summed E-state index contributed by atoms with van der Waals surface area (Å²) in [5.74, 6) is -0.698. The normalized spacial score (nSPS) is 24.9. The molecule has 0 spiro atoms. The molecule has 1 aliphatic heterocycles. The predicted octanol–water partition coefficient (Wildman–Crippen LogP) is 1.89. The number of aliphatic hydroxyl groups is 1. The topological polar surface area (TPSA) is 79.3 Å². The lowest BCUT2D eigenvalue weighted by Gasteiger charge is -2.42. The molecule has 0 radical (unpaired) electrons. The van der Waals surface area contributed by atoms with Crippen molar-refractivity contribution in [3.05, 3.63) is 0 Å². The number of ether oxygens (including phenoxy) is 2. The first-order chi connectivity index (χ1) is 13.5. The van der Waals surface area contributed by atoms with Crippen LogP contribution in [0.4, 0.5) is 0 Å². The Kier molecular flexibility index (Phi) is 7.97. The lowest BCUT2D eigenvalue weighted by Crippen LogP contribution is -2.62. The Morgan fingerprint density at radius 3 is 2.00 bits per heavy atom. The van der Waals surface area contributed by atoms with Crippen molar-refractivity contribution in [2.24, 2.45) is 0 Å². The summed E-state index contributed by atoms with van der Waals surface area (Å²) in [6.07, 6.45) is 6.85. The van der Waals surface area contributed by atoms with Gasteiger partial charge in [0.1, 0.15) is 12.2 Å². The van der Waals surface area contributed by atoms with E-state index in [4.69, 9.17) is 21.1 Å². The van der Waals surface area contributed by atoms with Gasteiger partial charge in [-0.25, -0.2) is 4.79 Å². The molecule has 1 N–H and O–H groups in total. The third-order valence-electron chi connectivity index (χ3n) is 6.19. The molecule has 1 saturated heterocycles. The third-order valence-corrected chi connectivity index (χ3v) is 6.36. The summed E-state index contributed by atoms with van der Waals surface area (Å²) >= 11 is 5.82. The molecule has 3 rings (SSSR count). The Morgan fingerprint density at radius 2 is 1.46 bits per heavy atom. The number of piperazine rings is 1. The van der Waals surface area contributed by atoms with Crippen LogP contribution in [0.3, 0.4) is 0 Å². The molecule has 2 saturated carbocycles. The number of rotatable bonds is 8. The van der Waals surface area contributed by atoms with Gasteiger partial charge in [-0.05, 0) is 51.4 Å². The van der Waals surface area contributed by atoms with Crippen molar-refractivity contribution >= 4 is 23.5 Å². The maximum absolute atomic E-state index is 12.9. The summed E-state index contributed by atoms with van der Waals surface area (Å²) in [6.45, 7) is 3.09. The summed E-state index contributed by atoms with van der Waals surface area (Å²) < 4.78 is 11.1. The molecule has 1 heterocycles. The highest BCUT2D eigenvalue weighted by atomic mass is 35.5. The van der Waals surface area contributed by atoms with E-state index in [0.29, 0.717) is 32.1 Å². The molecular formula is C20H33ClN2O5. The summed E-state index contributed by atoms with van der Waals surface area (Å²) in [5, 5.41) is 11.3. The standard InChI is InChI=1S/C20H33ClN2O5/c21-9-10-22-11-13-23(14-12-22)20(26,19(25)28-17-7-3-4-8-17)15-18(24)27-16-5-1-2-6-16/h16-17,26H,1-15H2. The summed E-state index contributed by atoms with van der Waals surface area (Å²) in [6, 6.07) is 0. The second-order valence-electron chi connectivity index (χ2n) is 8.22. The zero-order valence-corrected chi connectivity index (χ0v) is 17.4. The van der Waals surface area contributed by atoms with Crippen molar-refractivity contribution in [3.63, 3.8) is 0 Å². The molecule has 0 aromatic carbocycles. The van der Waals surface area contributed by atoms with Crippen molar-refractivity contribution in [2.75, 3.05) is 38.6 Å². The van der Waals surface area contributed by atoms with Gasteiger partial charge in [-0.1, -0.05) is 0 Å². The number of hydrogen-bond donors (Lipinski definition) is 1. The smallest absolute Gasteiger partial charge is 0.354 e. The van der Waals surface area contributed by atoms with E-state index in [-0.39, 0.29) is 18.6 Å². The second-order valence-corrected chi connectivity index (χ2v) is 8.60. The minimum atomic E-state index is -1.97. The average Bonchev–Trinajstić information content (AvgIpc) is 3.36. The molecule has 28 heavy (non-hydrogen) atoms. The zero-order valence-electron chi connectivity index (χ0n) is 16.6. The van der Waals surface area contributed by atoms with Crippen LogP contribution < -0.4 is 0 Å². The molecule has 0 bridgehead atoms. The van der Waals surface area contributed by atoms with Gasteiger partial charge in [0.15, 0.2) is 0 Å². The molecule has 0 aromatic rings. The quantitative estimate of drug-likeness (QED) is 0.478. The number of carbonyl (C=O) groups excluding carboxylic acids is 2. The van der Waals surface area contributed by atoms with Crippen molar-refractivity contribution in [2.45, 2.75) is 75.7 Å². The van der Waals surface area contributed by atoms with Gasteiger partial charge in [0.25, 0.3) is 0 Å². The first-order valence-corrected chi connectivity index (χ1v) is 11.2. The number of alkyl halides is 1. The van der Waals surface area contributed by atoms with E-state index in [2.05, 4.69) is 4.90 Å². The number of carbonyl (C=O) groups is 2. The van der Waals surface area contributed by atoms with E-state index < -0.39 is 17.7 Å². The number of hydrogen-bond acceptors (Lipinski definition) is 7. The summed E-state index contributed by atoms with van der Waals surface area (Å²) in [4.78, 5) is 29.3. The van der Waals surface area contributed by atoms with Crippen molar-refractivity contribution in [3.8, 4) is 0 Å². The highest BCUT2D eigenvalue weighted by Gasteiger charge is 2.48. The largest absolute Gasteiger partial charge is 0.462 e. The molecule has 3 aliphatic rings. The number of halogens is 1. The lowest BCUT2D eigenvalue weighted by atomic mass is 10.1. The van der Waals surface area contributed by atoms with Crippen LogP contribution in [0.5, 0.6) is 0 Å². The van der Waals surface area contributed by atoms with Gasteiger partial charge in [0.05, 0.1) is 6.42 Å². The van der Waals surface area contributed by atoms with Crippen LogP contribution in [0.25, 0.3) is 0 Å². The fraction of sp³-hybridized carbons (Fsp3) is 0.900. The first-order valence-electron chi connectivity index (χ1n) is 10.7. The fourth-order valence-corrected chi connectivity index (χ4v) is 4.70. The minimum absolute atomic E-state index is 0.0943. The van der Waals surface area contributed by atoms with E-state index in [9.17, 15) is 14.7 Å². The Balaban J connectivity index is 1.65. The fourth-order valence-electron chi connectivity index (χ4n) is 4.46. The van der Waals surface area contributed by atoms with Gasteiger partial charge in [-0.15, -0.1) is 11.6 Å². The monoisotopic (exact) mass is 416 g/mol. The zero-order chi connectivity index (χ0) is 20.0. The van der Waals surface area contributed by atoms with E-state index in [1.54, 1.807) is 4.90 Å². The number of esters is 2. The number of nitrogens with zero attached hydrogens (tertiary/aromatic N) is 2. The summed E-state index contributed by atoms with van der Waals surface area (Å²) in [7, 11) is 0. The highest BCUT2D eigenvalue weighted by molar-refractivity contribution is 6.18. The van der Waals surface area contributed by atoms with Crippen LogP contribution in [0.15, 0.2) is 0 Å². The summed E-state index contributed by atoms with van der Waals surface area (Å²) in [5.41, 5.74) is -1.97. The Labute approximate surface area is 172 Å². The third kappa shape index (κ3) is 5.59. The molecule has 160 valence electrons. The lowest BCUT2D eigenvalue weighted by molar-refractivity contribution is -0.204.